The number of aromatic nitrogens is 1. The minimum atomic E-state index is -0.465. The van der Waals surface area contributed by atoms with Crippen molar-refractivity contribution in [2.24, 2.45) is 0 Å². The van der Waals surface area contributed by atoms with E-state index in [1.54, 1.807) is 12.1 Å². The molecule has 0 aliphatic rings. The average Bonchev–Trinajstić information content (AvgIpc) is 2.68. The van der Waals surface area contributed by atoms with E-state index in [-0.39, 0.29) is 5.56 Å². The number of halogens is 1. The van der Waals surface area contributed by atoms with E-state index in [1.807, 2.05) is 42.5 Å². The van der Waals surface area contributed by atoms with Gasteiger partial charge in [-0.25, -0.2) is 4.79 Å². The van der Waals surface area contributed by atoms with E-state index in [0.29, 0.717) is 21.2 Å². The number of carbonyl (C=O) groups excluding carboxylic acids is 1. The van der Waals surface area contributed by atoms with E-state index in [1.165, 1.54) is 13.3 Å². The molecular weight excluding hydrogens is 372 g/mol. The summed E-state index contributed by atoms with van der Waals surface area (Å²) in [7, 11) is 1.33. The predicted octanol–water partition coefficient (Wildman–Crippen LogP) is 4.60. The third-order valence-electron chi connectivity index (χ3n) is 3.64. The highest BCUT2D eigenvalue weighted by molar-refractivity contribution is 8.00. The first-order valence-electron chi connectivity index (χ1n) is 7.67. The second-order valence-electron chi connectivity index (χ2n) is 5.33. The number of esters is 1. The van der Waals surface area contributed by atoms with E-state index in [0.717, 1.165) is 23.1 Å². The van der Waals surface area contributed by atoms with Gasteiger partial charge in [0.2, 0.25) is 0 Å². The van der Waals surface area contributed by atoms with Crippen molar-refractivity contribution in [1.29, 1.82) is 0 Å². The maximum atomic E-state index is 12.1. The van der Waals surface area contributed by atoms with Gasteiger partial charge in [0.15, 0.2) is 0 Å². The Morgan fingerprint density at radius 2 is 1.88 bits per heavy atom. The van der Waals surface area contributed by atoms with Crippen molar-refractivity contribution in [3.8, 4) is 11.1 Å². The van der Waals surface area contributed by atoms with Crippen LogP contribution in [0.3, 0.4) is 0 Å². The molecule has 5 nitrogen and oxygen atoms in total. The molecule has 0 aliphatic carbocycles. The zero-order chi connectivity index (χ0) is 18.5. The van der Waals surface area contributed by atoms with Crippen molar-refractivity contribution < 1.29 is 9.53 Å². The lowest BCUT2D eigenvalue weighted by atomic mass is 10.0. The number of aromatic amines is 1. The van der Waals surface area contributed by atoms with Gasteiger partial charge in [0, 0.05) is 6.20 Å². The predicted molar refractivity (Wildman–Crippen MR) is 105 cm³/mol. The fourth-order valence-corrected chi connectivity index (χ4v) is 3.31. The quantitative estimate of drug-likeness (QED) is 0.495. The van der Waals surface area contributed by atoms with Crippen molar-refractivity contribution in [2.45, 2.75) is 4.90 Å². The number of benzene rings is 2. The van der Waals surface area contributed by atoms with Gasteiger partial charge in [0.05, 0.1) is 28.3 Å². The second-order valence-corrected chi connectivity index (χ2v) is 6.62. The van der Waals surface area contributed by atoms with E-state index < -0.39 is 5.97 Å². The maximum absolute atomic E-state index is 12.1. The number of carbonyl (C=O) groups is 1. The van der Waals surface area contributed by atoms with Gasteiger partial charge >= 0.3 is 5.97 Å². The summed E-state index contributed by atoms with van der Waals surface area (Å²) in [5, 5.41) is 0.417. The molecule has 26 heavy (non-hydrogen) atoms. The van der Waals surface area contributed by atoms with Crippen LogP contribution in [0.5, 0.6) is 0 Å². The van der Waals surface area contributed by atoms with E-state index in [9.17, 15) is 9.59 Å². The highest BCUT2D eigenvalue weighted by Crippen LogP contribution is 2.29. The summed E-state index contributed by atoms with van der Waals surface area (Å²) < 4.78 is 7.90. The molecule has 132 valence electrons. The van der Waals surface area contributed by atoms with Gasteiger partial charge in [-0.05, 0) is 41.3 Å². The molecule has 0 spiro atoms. The van der Waals surface area contributed by atoms with Crippen LogP contribution in [0, 0.1) is 0 Å². The van der Waals surface area contributed by atoms with Gasteiger partial charge < -0.3 is 14.4 Å². The lowest BCUT2D eigenvalue weighted by molar-refractivity contribution is 0.0602. The van der Waals surface area contributed by atoms with Crippen LogP contribution in [0.15, 0.2) is 70.5 Å². The van der Waals surface area contributed by atoms with Crippen LogP contribution in [0.25, 0.3) is 11.1 Å². The van der Waals surface area contributed by atoms with Gasteiger partial charge in [-0.1, -0.05) is 48.0 Å². The second kappa shape index (κ2) is 8.12. The van der Waals surface area contributed by atoms with Gasteiger partial charge in [0.25, 0.3) is 5.56 Å². The highest BCUT2D eigenvalue weighted by atomic mass is 35.5. The molecule has 3 aromatic rings. The van der Waals surface area contributed by atoms with Crippen LogP contribution in [0.4, 0.5) is 5.69 Å². The molecule has 3 rings (SSSR count). The minimum absolute atomic E-state index is 0.272. The summed E-state index contributed by atoms with van der Waals surface area (Å²) in [6, 6.07) is 16.7. The highest BCUT2D eigenvalue weighted by Gasteiger charge is 2.14. The van der Waals surface area contributed by atoms with Gasteiger partial charge in [-0.15, -0.1) is 0 Å². The van der Waals surface area contributed by atoms with Gasteiger partial charge in [-0.3, -0.25) is 4.79 Å². The number of ether oxygens (including phenoxy) is 1. The Balaban J connectivity index is 1.95. The first-order chi connectivity index (χ1) is 12.6. The van der Waals surface area contributed by atoms with Crippen molar-refractivity contribution in [1.82, 2.24) is 4.98 Å². The number of hydrogen-bond acceptors (Lipinski definition) is 5. The SMILES string of the molecule is COC(=O)c1ccc(-c2ccccc2)cc1NSc1cc(Cl)c[nH]c1=O. The van der Waals surface area contributed by atoms with E-state index >= 15 is 0 Å². The summed E-state index contributed by atoms with van der Waals surface area (Å²) in [6.07, 6.45) is 1.42. The molecule has 2 N–H and O–H groups in total. The normalized spacial score (nSPS) is 10.4. The third kappa shape index (κ3) is 4.09. The van der Waals surface area contributed by atoms with Gasteiger partial charge in [0.1, 0.15) is 0 Å². The number of rotatable bonds is 5. The average molecular weight is 387 g/mol. The lowest BCUT2D eigenvalue weighted by Crippen LogP contribution is -2.09. The summed E-state index contributed by atoms with van der Waals surface area (Å²) in [4.78, 5) is 26.9. The standard InChI is InChI=1S/C19H15ClN2O3S/c1-25-19(24)15-8-7-13(12-5-3-2-4-6-12)9-16(15)22-26-17-10-14(20)11-21-18(17)23/h2-11,22H,1H3,(H,21,23). The molecule has 0 radical (unpaired) electrons. The first-order valence-corrected chi connectivity index (χ1v) is 8.87. The summed E-state index contributed by atoms with van der Waals surface area (Å²) in [6.45, 7) is 0. The fraction of sp³-hybridized carbons (Fsp3) is 0.0526. The topological polar surface area (TPSA) is 71.2 Å². The molecule has 0 atom stereocenters. The molecule has 0 unspecified atom stereocenters. The maximum Gasteiger partial charge on any atom is 0.339 e. The van der Waals surface area contributed by atoms with Crippen LogP contribution in [0.1, 0.15) is 10.4 Å². The Morgan fingerprint density at radius 3 is 2.62 bits per heavy atom. The molecule has 1 heterocycles. The number of anilines is 1. The van der Waals surface area contributed by atoms with Crippen molar-refractivity contribution >= 4 is 35.2 Å². The van der Waals surface area contributed by atoms with Crippen LogP contribution in [-0.2, 0) is 4.74 Å². The fourth-order valence-electron chi connectivity index (χ4n) is 2.35. The molecule has 0 fully saturated rings. The molecule has 0 saturated carbocycles. The Morgan fingerprint density at radius 1 is 1.12 bits per heavy atom. The Bertz CT molecular complexity index is 990. The number of H-pyrrole nitrogens is 1. The largest absolute Gasteiger partial charge is 0.465 e. The zero-order valence-electron chi connectivity index (χ0n) is 13.8. The van der Waals surface area contributed by atoms with Crippen LogP contribution >= 0.6 is 23.5 Å². The Labute approximate surface area is 159 Å². The van der Waals surface area contributed by atoms with Crippen LogP contribution in [-0.4, -0.2) is 18.1 Å². The molecule has 1 aromatic heterocycles. The number of pyridine rings is 1. The Kier molecular flexibility index (Phi) is 5.65. The smallest absolute Gasteiger partial charge is 0.339 e. The molecule has 0 bridgehead atoms. The van der Waals surface area contributed by atoms with E-state index in [4.69, 9.17) is 16.3 Å². The third-order valence-corrected chi connectivity index (χ3v) is 4.70. The molecule has 0 amide bonds. The van der Waals surface area contributed by atoms with Crippen LogP contribution in [0.2, 0.25) is 5.02 Å². The summed E-state index contributed by atoms with van der Waals surface area (Å²) in [5.74, 6) is -0.465. The van der Waals surface area contributed by atoms with Crippen molar-refractivity contribution in [3.63, 3.8) is 0 Å². The molecule has 2 aromatic carbocycles. The Hall–Kier alpha value is -2.70. The number of methoxy groups -OCH3 is 1. The summed E-state index contributed by atoms with van der Waals surface area (Å²) >= 11 is 7.00. The zero-order valence-corrected chi connectivity index (χ0v) is 15.4. The van der Waals surface area contributed by atoms with Crippen molar-refractivity contribution in [3.05, 3.63) is 81.7 Å². The molecule has 7 heteroatoms. The van der Waals surface area contributed by atoms with Crippen molar-refractivity contribution in [2.75, 3.05) is 11.8 Å². The lowest BCUT2D eigenvalue weighted by Gasteiger charge is -2.12. The first kappa shape index (κ1) is 18.1. The van der Waals surface area contributed by atoms with E-state index in [2.05, 4.69) is 9.71 Å². The number of hydrogen-bond donors (Lipinski definition) is 2. The van der Waals surface area contributed by atoms with Gasteiger partial charge in [-0.2, -0.15) is 0 Å². The molecule has 0 aliphatic heterocycles. The monoisotopic (exact) mass is 386 g/mol. The summed E-state index contributed by atoms with van der Waals surface area (Å²) in [5.41, 5.74) is 2.59. The molecular formula is C19H15ClN2O3S. The molecule has 0 saturated heterocycles. The number of nitrogens with one attached hydrogen (secondary N) is 2. The minimum Gasteiger partial charge on any atom is -0.465 e. The van der Waals surface area contributed by atoms with Crippen LogP contribution < -0.4 is 10.3 Å².